The summed E-state index contributed by atoms with van der Waals surface area (Å²) in [5, 5.41) is 20.2. The lowest BCUT2D eigenvalue weighted by Crippen LogP contribution is -2.59. The highest BCUT2D eigenvalue weighted by Crippen LogP contribution is 2.42. The molecule has 2 aromatic heterocycles. The normalized spacial score (nSPS) is 21.1. The number of thiazole rings is 1. The maximum Gasteiger partial charge on any atom is 0.258 e. The number of aromatic nitrogens is 2. The Bertz CT molecular complexity index is 2950. The summed E-state index contributed by atoms with van der Waals surface area (Å²) in [5.41, 5.74) is 4.24. The number of aliphatic hydroxyl groups excluding tert-OH is 1. The first-order valence-electron chi connectivity index (χ1n) is 28.8. The lowest BCUT2D eigenvalue weighted by Gasteiger charge is -2.35. The molecule has 2 aliphatic carbocycles. The standard InChI is InChI=1S/C62H79F2N7O9S/c1-39(41-7-9-42(10-8-41)50-19-24-65-52-18-13-45(63)34-51(50)52)57(73)68-46-14-16-48(17-15-46)80-49-20-26-70(27-21-49)25-6-28-77-29-30-78-31-32-79-54-33-43(55-40(2)67-38-81-55)11-12-44(54)36-66-58(74)53-35-47(72)37-71(53)59(75)56(61(3,4)5)69-60(76)62(64)22-23-62/h11-19,24,33-34,38-39,41-42,47,49,53,56,72H,6-10,20-23,25-32,35-37H2,1-5H3,(H,66,74)(H,68,73)(H,69,76)/t39-,41?,42?,47-,53+,56-/m1/s1. The quantitative estimate of drug-likeness (QED) is 0.0429. The van der Waals surface area contributed by atoms with Gasteiger partial charge >= 0.3 is 0 Å². The molecule has 0 radical (unpaired) electrons. The molecule has 4 atom stereocenters. The highest BCUT2D eigenvalue weighted by molar-refractivity contribution is 7.13. The van der Waals surface area contributed by atoms with Crippen molar-refractivity contribution in [3.05, 3.63) is 101 Å². The van der Waals surface area contributed by atoms with Crippen molar-refractivity contribution in [2.75, 3.05) is 64.5 Å². The van der Waals surface area contributed by atoms with Gasteiger partial charge in [0.1, 0.15) is 42.1 Å². The van der Waals surface area contributed by atoms with E-state index in [1.54, 1.807) is 38.4 Å². The number of aliphatic hydroxyl groups is 1. The Morgan fingerprint density at radius 1 is 0.889 bits per heavy atom. The predicted octanol–water partition coefficient (Wildman–Crippen LogP) is 9.31. The third-order valence-electron chi connectivity index (χ3n) is 16.5. The molecule has 4 aliphatic rings. The first-order valence-corrected chi connectivity index (χ1v) is 29.7. The number of pyridine rings is 1. The Hall–Kier alpha value is -6.12. The fourth-order valence-corrected chi connectivity index (χ4v) is 12.3. The highest BCUT2D eigenvalue weighted by atomic mass is 32.1. The number of carbonyl (C=O) groups is 4. The number of amides is 4. The monoisotopic (exact) mass is 1140 g/mol. The molecular weight excluding hydrogens is 1060 g/mol. The van der Waals surface area contributed by atoms with Crippen molar-refractivity contribution in [1.82, 2.24) is 30.4 Å². The summed E-state index contributed by atoms with van der Waals surface area (Å²) in [6, 6.07) is 18.1. The second kappa shape index (κ2) is 26.9. The van der Waals surface area contributed by atoms with E-state index in [-0.39, 0.29) is 68.6 Å². The van der Waals surface area contributed by atoms with Crippen molar-refractivity contribution in [3.8, 4) is 21.9 Å². The number of hydrogen-bond acceptors (Lipinski definition) is 13. The largest absolute Gasteiger partial charge is 0.491 e. The summed E-state index contributed by atoms with van der Waals surface area (Å²) >= 11 is 1.52. The Morgan fingerprint density at radius 2 is 1.62 bits per heavy atom. The summed E-state index contributed by atoms with van der Waals surface area (Å²) in [7, 11) is 0. The van der Waals surface area contributed by atoms with Crippen LogP contribution in [-0.4, -0.2) is 138 Å². The molecule has 4 amide bonds. The van der Waals surface area contributed by atoms with E-state index in [4.69, 9.17) is 18.9 Å². The fraction of sp³-hybridized carbons (Fsp3) is 0.548. The molecule has 5 aromatic rings. The van der Waals surface area contributed by atoms with Gasteiger partial charge in [-0.2, -0.15) is 0 Å². The first-order chi connectivity index (χ1) is 38.9. The molecule has 436 valence electrons. The minimum Gasteiger partial charge on any atom is -0.491 e. The summed E-state index contributed by atoms with van der Waals surface area (Å²) in [6.07, 6.45) is 7.75. The maximum absolute atomic E-state index is 14.7. The summed E-state index contributed by atoms with van der Waals surface area (Å²) in [4.78, 5) is 67.4. The molecule has 2 saturated carbocycles. The molecule has 3 aromatic carbocycles. The van der Waals surface area contributed by atoms with Crippen molar-refractivity contribution >= 4 is 51.6 Å². The van der Waals surface area contributed by atoms with Crippen molar-refractivity contribution in [3.63, 3.8) is 0 Å². The molecule has 4 fully saturated rings. The highest BCUT2D eigenvalue weighted by Gasteiger charge is 2.53. The molecule has 19 heteroatoms. The molecule has 0 spiro atoms. The molecule has 9 rings (SSSR count). The Morgan fingerprint density at radius 3 is 2.32 bits per heavy atom. The summed E-state index contributed by atoms with van der Waals surface area (Å²) in [5.74, 6) is -0.240. The van der Waals surface area contributed by atoms with E-state index >= 15 is 0 Å². The number of fused-ring (bicyclic) bond motifs is 1. The number of halogens is 2. The number of hydrogen-bond donors (Lipinski definition) is 4. The average Bonchev–Trinajstić information content (AvgIpc) is 3.88. The molecule has 0 unspecified atom stereocenters. The minimum absolute atomic E-state index is 0.0197. The van der Waals surface area contributed by atoms with Gasteiger partial charge in [0.15, 0.2) is 5.67 Å². The van der Waals surface area contributed by atoms with E-state index in [0.29, 0.717) is 43.7 Å². The molecule has 0 bridgehead atoms. The van der Waals surface area contributed by atoms with E-state index in [9.17, 15) is 33.1 Å². The number of aryl methyl sites for hydroxylation is 1. The van der Waals surface area contributed by atoms with Crippen LogP contribution in [0.5, 0.6) is 11.5 Å². The third-order valence-corrected chi connectivity index (χ3v) is 17.5. The molecule has 4 N–H and O–H groups in total. The van der Waals surface area contributed by atoms with Crippen molar-refractivity contribution < 1.29 is 52.0 Å². The zero-order valence-corrected chi connectivity index (χ0v) is 48.2. The summed E-state index contributed by atoms with van der Waals surface area (Å²) < 4.78 is 53.1. The average molecular weight is 1140 g/mol. The van der Waals surface area contributed by atoms with E-state index in [1.165, 1.54) is 22.3 Å². The van der Waals surface area contributed by atoms with Crippen LogP contribution in [0.3, 0.4) is 0 Å². The van der Waals surface area contributed by atoms with Crippen LogP contribution in [-0.2, 0) is 35.2 Å². The number of piperidine rings is 1. The first kappa shape index (κ1) is 59.5. The van der Waals surface area contributed by atoms with Crippen LogP contribution in [0, 0.1) is 30.0 Å². The van der Waals surface area contributed by atoms with Crippen LogP contribution in [0.25, 0.3) is 21.3 Å². The van der Waals surface area contributed by atoms with Gasteiger partial charge in [-0.15, -0.1) is 11.3 Å². The van der Waals surface area contributed by atoms with Crippen molar-refractivity contribution in [2.24, 2.45) is 17.3 Å². The van der Waals surface area contributed by atoms with Gasteiger partial charge in [-0.05, 0) is 148 Å². The number of alkyl halides is 1. The summed E-state index contributed by atoms with van der Waals surface area (Å²) in [6.45, 7) is 14.1. The van der Waals surface area contributed by atoms with Crippen LogP contribution in [0.1, 0.15) is 115 Å². The Balaban J connectivity index is 0.643. The number of carbonyl (C=O) groups excluding carboxylic acids is 4. The van der Waals surface area contributed by atoms with Gasteiger partial charge in [-0.1, -0.05) is 39.8 Å². The smallest absolute Gasteiger partial charge is 0.258 e. The Kier molecular flexibility index (Phi) is 19.7. The van der Waals surface area contributed by atoms with Crippen LogP contribution in [0.2, 0.25) is 0 Å². The molecule has 2 saturated heterocycles. The van der Waals surface area contributed by atoms with Gasteiger partial charge in [0.25, 0.3) is 5.91 Å². The predicted molar refractivity (Wildman–Crippen MR) is 307 cm³/mol. The topological polar surface area (TPSA) is 194 Å². The number of nitrogens with zero attached hydrogens (tertiary/aromatic N) is 4. The van der Waals surface area contributed by atoms with E-state index < -0.39 is 47.0 Å². The zero-order chi connectivity index (χ0) is 57.3. The van der Waals surface area contributed by atoms with Crippen molar-refractivity contribution in [2.45, 2.75) is 141 Å². The molecule has 2 aliphatic heterocycles. The SMILES string of the molecule is Cc1ncsc1-c1ccc(CNC(=O)[C@@H]2C[C@@H](O)CN2C(=O)[C@@H](NC(=O)C2(F)CC2)C(C)(C)C)c(OCCOCCOCCCN2CCC(Oc3ccc(NC(=O)[C@H](C)C4CCC(c5ccnc6ccc(F)cc56)CC4)cc3)CC2)c1. The van der Waals surface area contributed by atoms with Crippen LogP contribution in [0.15, 0.2) is 78.4 Å². The van der Waals surface area contributed by atoms with E-state index in [1.807, 2.05) is 68.6 Å². The molecule has 16 nitrogen and oxygen atoms in total. The van der Waals surface area contributed by atoms with Crippen LogP contribution >= 0.6 is 11.3 Å². The van der Waals surface area contributed by atoms with Gasteiger partial charge < -0.3 is 49.8 Å². The zero-order valence-electron chi connectivity index (χ0n) is 47.4. The third kappa shape index (κ3) is 15.5. The number of benzene rings is 3. The maximum atomic E-state index is 14.7. The van der Waals surface area contributed by atoms with E-state index in [2.05, 4.69) is 30.8 Å². The number of likely N-dealkylation sites (tertiary alicyclic amines) is 2. The number of ether oxygens (including phenoxy) is 4. The second-order valence-corrected chi connectivity index (χ2v) is 24.4. The van der Waals surface area contributed by atoms with Crippen molar-refractivity contribution in [1.29, 1.82) is 0 Å². The van der Waals surface area contributed by atoms with Crippen LogP contribution in [0.4, 0.5) is 14.5 Å². The van der Waals surface area contributed by atoms with Gasteiger partial charge in [-0.3, -0.25) is 24.2 Å². The van der Waals surface area contributed by atoms with Gasteiger partial charge in [0.2, 0.25) is 17.7 Å². The number of nitrogens with one attached hydrogen (secondary N) is 3. The number of β-amino-alcohol motifs (C(OH)–C–C–N with tert-alkyl or cyclic N) is 1. The van der Waals surface area contributed by atoms with E-state index in [0.717, 1.165) is 109 Å². The fourth-order valence-electron chi connectivity index (χ4n) is 11.5. The second-order valence-electron chi connectivity index (χ2n) is 23.5. The van der Waals surface area contributed by atoms with Gasteiger partial charge in [0, 0.05) is 74.5 Å². The Labute approximate surface area is 478 Å². The lowest BCUT2D eigenvalue weighted by molar-refractivity contribution is -0.145. The van der Waals surface area contributed by atoms with Gasteiger partial charge in [0.05, 0.1) is 47.5 Å². The van der Waals surface area contributed by atoms with Gasteiger partial charge in [-0.25, -0.2) is 13.8 Å². The number of rotatable bonds is 24. The number of anilines is 1. The molecule has 4 heterocycles. The van der Waals surface area contributed by atoms with Crippen LogP contribution < -0.4 is 25.4 Å². The lowest BCUT2D eigenvalue weighted by atomic mass is 9.73. The molecule has 81 heavy (non-hydrogen) atoms. The molecular formula is C62H79F2N7O9S. The minimum atomic E-state index is -1.98.